The van der Waals surface area contributed by atoms with Gasteiger partial charge in [0.1, 0.15) is 0 Å². The second-order valence-corrected chi connectivity index (χ2v) is 5.88. The molecule has 20 heavy (non-hydrogen) atoms. The normalized spacial score (nSPS) is 16.6. The van der Waals surface area contributed by atoms with E-state index in [1.807, 2.05) is 4.90 Å². The number of carbonyl (C=O) groups is 2. The molecule has 0 aromatic rings. The van der Waals surface area contributed by atoms with E-state index in [0.717, 1.165) is 32.4 Å². The lowest BCUT2D eigenvalue weighted by atomic mass is 10.0. The van der Waals surface area contributed by atoms with E-state index in [4.69, 9.17) is 5.73 Å². The Balaban J connectivity index is 2.42. The Hall–Kier alpha value is -1.14. The van der Waals surface area contributed by atoms with Gasteiger partial charge in [-0.2, -0.15) is 0 Å². The number of rotatable bonds is 8. The fourth-order valence-corrected chi connectivity index (χ4v) is 2.43. The maximum absolute atomic E-state index is 11.9. The van der Waals surface area contributed by atoms with Gasteiger partial charge >= 0.3 is 0 Å². The summed E-state index contributed by atoms with van der Waals surface area (Å²) >= 11 is 0. The van der Waals surface area contributed by atoms with Crippen LogP contribution in [0.3, 0.4) is 0 Å². The van der Waals surface area contributed by atoms with Crippen LogP contribution in [0.1, 0.15) is 33.1 Å². The number of nitrogens with zero attached hydrogens (tertiary/aromatic N) is 1. The first-order valence-corrected chi connectivity index (χ1v) is 7.48. The third-order valence-electron chi connectivity index (χ3n) is 3.57. The van der Waals surface area contributed by atoms with Crippen molar-refractivity contribution in [3.05, 3.63) is 0 Å². The Morgan fingerprint density at radius 1 is 1.30 bits per heavy atom. The summed E-state index contributed by atoms with van der Waals surface area (Å²) in [7, 11) is 0. The van der Waals surface area contributed by atoms with E-state index >= 15 is 0 Å². The number of amides is 2. The zero-order valence-corrected chi connectivity index (χ0v) is 12.7. The summed E-state index contributed by atoms with van der Waals surface area (Å²) in [6, 6.07) is 0.264. The van der Waals surface area contributed by atoms with Crippen LogP contribution in [-0.2, 0) is 9.59 Å². The number of hydrogen-bond donors (Lipinski definition) is 3. The number of nitrogens with one attached hydrogen (secondary N) is 2. The van der Waals surface area contributed by atoms with Crippen LogP contribution in [0.5, 0.6) is 0 Å². The van der Waals surface area contributed by atoms with Crippen molar-refractivity contribution in [1.29, 1.82) is 0 Å². The Morgan fingerprint density at radius 3 is 2.50 bits per heavy atom. The molecule has 1 aliphatic heterocycles. The van der Waals surface area contributed by atoms with Gasteiger partial charge in [-0.1, -0.05) is 13.8 Å². The third kappa shape index (κ3) is 6.86. The molecule has 0 saturated carbocycles. The molecule has 0 unspecified atom stereocenters. The highest BCUT2D eigenvalue weighted by Crippen LogP contribution is 2.11. The summed E-state index contributed by atoms with van der Waals surface area (Å²) < 4.78 is 0. The Bertz CT molecular complexity index is 314. The molecule has 0 spiro atoms. The number of nitrogens with two attached hydrogens (primary N) is 1. The van der Waals surface area contributed by atoms with E-state index in [2.05, 4.69) is 24.5 Å². The van der Waals surface area contributed by atoms with Gasteiger partial charge < -0.3 is 16.4 Å². The Morgan fingerprint density at radius 2 is 1.95 bits per heavy atom. The van der Waals surface area contributed by atoms with Crippen LogP contribution < -0.4 is 16.4 Å². The van der Waals surface area contributed by atoms with Crippen LogP contribution in [-0.4, -0.2) is 55.5 Å². The molecule has 0 aromatic carbocycles. The van der Waals surface area contributed by atoms with E-state index in [1.165, 1.54) is 0 Å². The van der Waals surface area contributed by atoms with Crippen LogP contribution in [0.15, 0.2) is 0 Å². The molecule has 0 atom stereocenters. The molecule has 0 aliphatic carbocycles. The molecule has 116 valence electrons. The molecule has 0 aromatic heterocycles. The second kappa shape index (κ2) is 8.92. The van der Waals surface area contributed by atoms with E-state index < -0.39 is 0 Å². The van der Waals surface area contributed by atoms with Gasteiger partial charge in [-0.15, -0.1) is 0 Å². The molecule has 1 rings (SSSR count). The van der Waals surface area contributed by atoms with Crippen molar-refractivity contribution in [3.63, 3.8) is 0 Å². The molecule has 4 N–H and O–H groups in total. The average molecular weight is 284 g/mol. The predicted molar refractivity (Wildman–Crippen MR) is 79.1 cm³/mol. The van der Waals surface area contributed by atoms with Gasteiger partial charge in [0, 0.05) is 12.6 Å². The monoisotopic (exact) mass is 284 g/mol. The molecule has 1 aliphatic rings. The molecule has 0 bridgehead atoms. The standard InChI is InChI=1S/C14H28N4O2/c1-11(2)3-8-17-14(20)10-18(9-13(15)19)12-4-6-16-7-5-12/h11-12,16H,3-10H2,1-2H3,(H2,15,19)(H,17,20). The van der Waals surface area contributed by atoms with Crippen LogP contribution in [0.25, 0.3) is 0 Å². The molecular weight excluding hydrogens is 256 g/mol. The Labute approximate surface area is 121 Å². The van der Waals surface area contributed by atoms with Gasteiger partial charge in [-0.05, 0) is 38.3 Å². The van der Waals surface area contributed by atoms with Crippen molar-refractivity contribution >= 4 is 11.8 Å². The van der Waals surface area contributed by atoms with Crippen LogP contribution in [0.4, 0.5) is 0 Å². The summed E-state index contributed by atoms with van der Waals surface area (Å²) in [5.74, 6) is 0.172. The van der Waals surface area contributed by atoms with Gasteiger partial charge in [0.25, 0.3) is 0 Å². The fourth-order valence-electron chi connectivity index (χ4n) is 2.43. The lowest BCUT2D eigenvalue weighted by Crippen LogP contribution is -2.50. The van der Waals surface area contributed by atoms with Crippen LogP contribution in [0, 0.1) is 5.92 Å². The number of carbonyl (C=O) groups excluding carboxylic acids is 2. The van der Waals surface area contributed by atoms with E-state index in [0.29, 0.717) is 12.5 Å². The summed E-state index contributed by atoms with van der Waals surface area (Å²) in [6.45, 7) is 7.20. The molecular formula is C14H28N4O2. The van der Waals surface area contributed by atoms with Crippen molar-refractivity contribution in [2.45, 2.75) is 39.2 Å². The fraction of sp³-hybridized carbons (Fsp3) is 0.857. The van der Waals surface area contributed by atoms with Gasteiger partial charge in [0.15, 0.2) is 0 Å². The molecule has 0 radical (unpaired) electrons. The number of hydrogen-bond acceptors (Lipinski definition) is 4. The summed E-state index contributed by atoms with van der Waals surface area (Å²) in [5.41, 5.74) is 5.29. The molecule has 1 fully saturated rings. The molecule has 1 heterocycles. The Kier molecular flexibility index (Phi) is 7.54. The minimum atomic E-state index is -0.376. The van der Waals surface area contributed by atoms with Crippen LogP contribution in [0.2, 0.25) is 0 Å². The SMILES string of the molecule is CC(C)CCNC(=O)CN(CC(N)=O)C1CCNCC1. The number of piperidine rings is 1. The summed E-state index contributed by atoms with van der Waals surface area (Å²) in [4.78, 5) is 25.0. The second-order valence-electron chi connectivity index (χ2n) is 5.88. The van der Waals surface area contributed by atoms with Crippen molar-refractivity contribution in [2.75, 3.05) is 32.7 Å². The maximum atomic E-state index is 11.9. The van der Waals surface area contributed by atoms with Gasteiger partial charge in [-0.25, -0.2) is 0 Å². The zero-order valence-electron chi connectivity index (χ0n) is 12.7. The lowest BCUT2D eigenvalue weighted by molar-refractivity contribution is -0.125. The molecule has 6 nitrogen and oxygen atoms in total. The van der Waals surface area contributed by atoms with E-state index in [-0.39, 0.29) is 30.9 Å². The predicted octanol–water partition coefficient (Wildman–Crippen LogP) is -0.312. The highest BCUT2D eigenvalue weighted by Gasteiger charge is 2.24. The first kappa shape index (κ1) is 16.9. The first-order valence-electron chi connectivity index (χ1n) is 7.48. The van der Waals surface area contributed by atoms with Crippen molar-refractivity contribution in [1.82, 2.24) is 15.5 Å². The molecule has 2 amide bonds. The topological polar surface area (TPSA) is 87.5 Å². The smallest absolute Gasteiger partial charge is 0.234 e. The van der Waals surface area contributed by atoms with Crippen molar-refractivity contribution in [3.8, 4) is 0 Å². The van der Waals surface area contributed by atoms with Gasteiger partial charge in [0.2, 0.25) is 11.8 Å². The highest BCUT2D eigenvalue weighted by molar-refractivity contribution is 5.80. The van der Waals surface area contributed by atoms with E-state index in [1.54, 1.807) is 0 Å². The first-order chi connectivity index (χ1) is 9.49. The zero-order chi connectivity index (χ0) is 15.0. The van der Waals surface area contributed by atoms with Crippen LogP contribution >= 0.6 is 0 Å². The maximum Gasteiger partial charge on any atom is 0.234 e. The minimum Gasteiger partial charge on any atom is -0.369 e. The highest BCUT2D eigenvalue weighted by atomic mass is 16.2. The minimum absolute atomic E-state index is 0.0227. The third-order valence-corrected chi connectivity index (χ3v) is 3.57. The quantitative estimate of drug-likeness (QED) is 0.570. The van der Waals surface area contributed by atoms with Crippen molar-refractivity contribution < 1.29 is 9.59 Å². The molecule has 6 heteroatoms. The van der Waals surface area contributed by atoms with Gasteiger partial charge in [-0.3, -0.25) is 14.5 Å². The van der Waals surface area contributed by atoms with E-state index in [9.17, 15) is 9.59 Å². The van der Waals surface area contributed by atoms with Gasteiger partial charge in [0.05, 0.1) is 13.1 Å². The summed E-state index contributed by atoms with van der Waals surface area (Å²) in [5, 5.41) is 6.19. The summed E-state index contributed by atoms with van der Waals surface area (Å²) in [6.07, 6.45) is 2.87. The number of primary amides is 1. The lowest BCUT2D eigenvalue weighted by Gasteiger charge is -2.33. The largest absolute Gasteiger partial charge is 0.369 e. The van der Waals surface area contributed by atoms with Crippen molar-refractivity contribution in [2.24, 2.45) is 11.7 Å². The average Bonchev–Trinajstić information content (AvgIpc) is 2.38. The molecule has 1 saturated heterocycles.